The molecule has 0 aromatic heterocycles. The number of hydrogen-bond donors (Lipinski definition) is 2. The zero-order valence-corrected chi connectivity index (χ0v) is 12.1. The van der Waals surface area contributed by atoms with Gasteiger partial charge in [0.05, 0.1) is 0 Å². The van der Waals surface area contributed by atoms with Crippen molar-refractivity contribution in [2.24, 2.45) is 0 Å². The minimum atomic E-state index is -0.0665. The van der Waals surface area contributed by atoms with Crippen LogP contribution in [0, 0.1) is 0 Å². The molecule has 1 aliphatic carbocycles. The average Bonchev–Trinajstić information content (AvgIpc) is 2.79. The van der Waals surface area contributed by atoms with Crippen molar-refractivity contribution in [1.82, 2.24) is 10.2 Å². The van der Waals surface area contributed by atoms with Gasteiger partial charge in [-0.15, -0.1) is 0 Å². The van der Waals surface area contributed by atoms with E-state index in [0.29, 0.717) is 6.04 Å². The summed E-state index contributed by atoms with van der Waals surface area (Å²) in [5, 5.41) is 6.05. The van der Waals surface area contributed by atoms with Crippen LogP contribution in [0.5, 0.6) is 0 Å². The van der Waals surface area contributed by atoms with E-state index in [0.717, 1.165) is 31.6 Å². The quantitative estimate of drug-likeness (QED) is 0.869. The molecule has 1 aliphatic heterocycles. The van der Waals surface area contributed by atoms with Gasteiger partial charge in [0.25, 0.3) is 0 Å². The van der Waals surface area contributed by atoms with Crippen molar-refractivity contribution in [3.05, 3.63) is 29.3 Å². The van der Waals surface area contributed by atoms with Crippen LogP contribution in [0.1, 0.15) is 43.2 Å². The Labute approximate surface area is 120 Å². The highest BCUT2D eigenvalue weighted by Gasteiger charge is 2.18. The number of rotatable bonds is 2. The number of carbonyl (C=O) groups is 1. The first-order valence-corrected chi connectivity index (χ1v) is 7.58. The minimum absolute atomic E-state index is 0.0665. The molecule has 0 saturated heterocycles. The van der Waals surface area contributed by atoms with Crippen molar-refractivity contribution in [2.45, 2.75) is 51.2 Å². The number of carbonyl (C=O) groups excluding carboxylic acids is 1. The minimum Gasteiger partial charge on any atom is -0.335 e. The van der Waals surface area contributed by atoms with Crippen molar-refractivity contribution < 1.29 is 4.79 Å². The monoisotopic (exact) mass is 273 g/mol. The molecule has 0 bridgehead atoms. The van der Waals surface area contributed by atoms with Gasteiger partial charge in [-0.2, -0.15) is 0 Å². The molecule has 0 unspecified atom stereocenters. The number of anilines is 1. The first-order chi connectivity index (χ1) is 9.70. The zero-order valence-electron chi connectivity index (χ0n) is 12.1. The number of benzene rings is 1. The van der Waals surface area contributed by atoms with Gasteiger partial charge in [-0.25, -0.2) is 4.79 Å². The molecule has 3 rings (SSSR count). The topological polar surface area (TPSA) is 44.4 Å². The predicted octanol–water partition coefficient (Wildman–Crippen LogP) is 3.09. The van der Waals surface area contributed by atoms with Gasteiger partial charge in [0.15, 0.2) is 0 Å². The zero-order chi connectivity index (χ0) is 13.9. The smallest absolute Gasteiger partial charge is 0.319 e. The lowest BCUT2D eigenvalue weighted by atomic mass is 9.96. The molecule has 108 valence electrons. The SMILES string of the molecule is CN1Cc2ccc(NC(=O)NC3CCCCC3)cc2C1. The number of nitrogens with one attached hydrogen (secondary N) is 2. The molecule has 2 amide bonds. The van der Waals surface area contributed by atoms with Crippen LogP contribution in [0.4, 0.5) is 10.5 Å². The number of fused-ring (bicyclic) bond motifs is 1. The van der Waals surface area contributed by atoms with Crippen LogP contribution in [0.25, 0.3) is 0 Å². The second-order valence-electron chi connectivity index (χ2n) is 6.09. The highest BCUT2D eigenvalue weighted by molar-refractivity contribution is 5.89. The maximum absolute atomic E-state index is 12.0. The van der Waals surface area contributed by atoms with Crippen LogP contribution in [0.3, 0.4) is 0 Å². The fourth-order valence-electron chi connectivity index (χ4n) is 3.24. The molecule has 1 aromatic rings. The summed E-state index contributed by atoms with van der Waals surface area (Å²) in [7, 11) is 2.11. The van der Waals surface area contributed by atoms with Crippen LogP contribution >= 0.6 is 0 Å². The van der Waals surface area contributed by atoms with E-state index in [1.807, 2.05) is 6.07 Å². The summed E-state index contributed by atoms with van der Waals surface area (Å²) in [6.07, 6.45) is 6.00. The first-order valence-electron chi connectivity index (χ1n) is 7.58. The summed E-state index contributed by atoms with van der Waals surface area (Å²) in [6.45, 7) is 1.97. The van der Waals surface area contributed by atoms with Crippen molar-refractivity contribution in [3.8, 4) is 0 Å². The fraction of sp³-hybridized carbons (Fsp3) is 0.562. The lowest BCUT2D eigenvalue weighted by Crippen LogP contribution is -2.39. The summed E-state index contributed by atoms with van der Waals surface area (Å²) in [4.78, 5) is 14.3. The van der Waals surface area contributed by atoms with Gasteiger partial charge in [0.2, 0.25) is 0 Å². The van der Waals surface area contributed by atoms with Crippen molar-refractivity contribution in [3.63, 3.8) is 0 Å². The normalized spacial score (nSPS) is 19.6. The summed E-state index contributed by atoms with van der Waals surface area (Å²) in [5.74, 6) is 0. The van der Waals surface area contributed by atoms with Gasteiger partial charge in [-0.1, -0.05) is 25.3 Å². The standard InChI is InChI=1S/C16H23N3O/c1-19-10-12-7-8-15(9-13(12)11-19)18-16(20)17-14-5-3-2-4-6-14/h7-9,14H,2-6,10-11H2,1H3,(H2,17,18,20). The van der Waals surface area contributed by atoms with Gasteiger partial charge in [0, 0.05) is 24.8 Å². The van der Waals surface area contributed by atoms with Gasteiger partial charge in [-0.05, 0) is 43.1 Å². The Bertz CT molecular complexity index is 494. The molecule has 0 spiro atoms. The number of nitrogens with zero attached hydrogens (tertiary/aromatic N) is 1. The van der Waals surface area contributed by atoms with E-state index >= 15 is 0 Å². The van der Waals surface area contributed by atoms with Crippen LogP contribution in [-0.2, 0) is 13.1 Å². The molecule has 2 aliphatic rings. The molecule has 1 aromatic carbocycles. The lowest BCUT2D eigenvalue weighted by Gasteiger charge is -2.22. The number of urea groups is 1. The van der Waals surface area contributed by atoms with E-state index in [4.69, 9.17) is 0 Å². The molecular formula is C16H23N3O. The molecule has 1 heterocycles. The molecule has 1 saturated carbocycles. The molecule has 4 nitrogen and oxygen atoms in total. The van der Waals surface area contributed by atoms with E-state index in [-0.39, 0.29) is 6.03 Å². The van der Waals surface area contributed by atoms with Crippen LogP contribution in [-0.4, -0.2) is 24.0 Å². The summed E-state index contributed by atoms with van der Waals surface area (Å²) < 4.78 is 0. The third kappa shape index (κ3) is 3.12. The van der Waals surface area contributed by atoms with Crippen LogP contribution in [0.15, 0.2) is 18.2 Å². The summed E-state index contributed by atoms with van der Waals surface area (Å²) in [6, 6.07) is 6.50. The fourth-order valence-corrected chi connectivity index (χ4v) is 3.24. The largest absolute Gasteiger partial charge is 0.335 e. The maximum atomic E-state index is 12.0. The molecular weight excluding hydrogens is 250 g/mol. The van der Waals surface area contributed by atoms with Gasteiger partial charge in [-0.3, -0.25) is 4.90 Å². The predicted molar refractivity (Wildman–Crippen MR) is 80.6 cm³/mol. The Morgan fingerprint density at radius 3 is 2.70 bits per heavy atom. The second-order valence-corrected chi connectivity index (χ2v) is 6.09. The van der Waals surface area contributed by atoms with Crippen LogP contribution in [0.2, 0.25) is 0 Å². The Balaban J connectivity index is 1.57. The van der Waals surface area contributed by atoms with Gasteiger partial charge >= 0.3 is 6.03 Å². The first kappa shape index (κ1) is 13.4. The lowest BCUT2D eigenvalue weighted by molar-refractivity contribution is 0.244. The number of amides is 2. The van der Waals surface area contributed by atoms with Crippen molar-refractivity contribution >= 4 is 11.7 Å². The Morgan fingerprint density at radius 1 is 1.15 bits per heavy atom. The van der Waals surface area contributed by atoms with Crippen molar-refractivity contribution in [1.29, 1.82) is 0 Å². The molecule has 4 heteroatoms. The molecule has 2 N–H and O–H groups in total. The second kappa shape index (κ2) is 5.83. The molecule has 20 heavy (non-hydrogen) atoms. The molecule has 0 atom stereocenters. The third-order valence-electron chi connectivity index (χ3n) is 4.29. The highest BCUT2D eigenvalue weighted by atomic mass is 16.2. The number of hydrogen-bond acceptors (Lipinski definition) is 2. The maximum Gasteiger partial charge on any atom is 0.319 e. The van der Waals surface area contributed by atoms with E-state index < -0.39 is 0 Å². The Morgan fingerprint density at radius 2 is 1.90 bits per heavy atom. The van der Waals surface area contributed by atoms with Gasteiger partial charge in [0.1, 0.15) is 0 Å². The Kier molecular flexibility index (Phi) is 3.92. The highest BCUT2D eigenvalue weighted by Crippen LogP contribution is 2.24. The third-order valence-corrected chi connectivity index (χ3v) is 4.29. The molecule has 0 radical (unpaired) electrons. The van der Waals surface area contributed by atoms with E-state index in [9.17, 15) is 4.79 Å². The Hall–Kier alpha value is -1.55. The van der Waals surface area contributed by atoms with Crippen LogP contribution < -0.4 is 10.6 Å². The summed E-state index contributed by atoms with van der Waals surface area (Å²) >= 11 is 0. The van der Waals surface area contributed by atoms with Crippen molar-refractivity contribution in [2.75, 3.05) is 12.4 Å². The van der Waals surface area contributed by atoms with E-state index in [1.54, 1.807) is 0 Å². The van der Waals surface area contributed by atoms with E-state index in [1.165, 1.54) is 30.4 Å². The van der Waals surface area contributed by atoms with E-state index in [2.05, 4.69) is 34.7 Å². The summed E-state index contributed by atoms with van der Waals surface area (Å²) in [5.41, 5.74) is 3.58. The molecule has 1 fully saturated rings. The average molecular weight is 273 g/mol. The van der Waals surface area contributed by atoms with Gasteiger partial charge < -0.3 is 10.6 Å².